The fraction of sp³-hybridized carbons (Fsp3) is 0.308. The van der Waals surface area contributed by atoms with Gasteiger partial charge in [0.25, 0.3) is 10.0 Å². The summed E-state index contributed by atoms with van der Waals surface area (Å²) in [7, 11) is -2.75. The smallest absolute Gasteiger partial charge is 0.335 e. The Morgan fingerprint density at radius 3 is 2.71 bits per heavy atom. The van der Waals surface area contributed by atoms with E-state index in [2.05, 4.69) is 20.3 Å². The quantitative estimate of drug-likeness (QED) is 0.756. The number of carbonyl (C=O) groups excluding carboxylic acids is 1. The lowest BCUT2D eigenvalue weighted by atomic mass is 10.0. The number of hydrogen-bond donors (Lipinski definition) is 2. The minimum atomic E-state index is -4.11. The zero-order chi connectivity index (χ0) is 17.9. The van der Waals surface area contributed by atoms with Crippen LogP contribution in [-0.4, -0.2) is 41.4 Å². The van der Waals surface area contributed by atoms with E-state index in [4.69, 9.17) is 17.0 Å². The topological polar surface area (TPSA) is 123 Å². The second kappa shape index (κ2) is 7.01. The molecule has 1 heterocycles. The van der Waals surface area contributed by atoms with Crippen molar-refractivity contribution in [3.8, 4) is 6.01 Å². The minimum absolute atomic E-state index is 0.00390. The molecule has 128 valence electrons. The maximum Gasteiger partial charge on any atom is 0.335 e. The van der Waals surface area contributed by atoms with Gasteiger partial charge in [-0.15, -0.1) is 0 Å². The first-order chi connectivity index (χ1) is 11.2. The van der Waals surface area contributed by atoms with E-state index in [0.29, 0.717) is 5.82 Å². The van der Waals surface area contributed by atoms with Gasteiger partial charge >= 0.3 is 12.0 Å². The van der Waals surface area contributed by atoms with Crippen LogP contribution in [0.25, 0.3) is 0 Å². The Balaban J connectivity index is 2.15. The molecule has 0 spiro atoms. The van der Waals surface area contributed by atoms with Crippen LogP contribution in [-0.2, 0) is 10.0 Å². The summed E-state index contributed by atoms with van der Waals surface area (Å²) in [4.78, 5) is 23.6. The van der Waals surface area contributed by atoms with Gasteiger partial charge in [-0.05, 0) is 13.0 Å². The van der Waals surface area contributed by atoms with Gasteiger partial charge < -0.3 is 4.74 Å². The molecule has 2 N–H and O–H groups in total. The molecule has 0 fully saturated rings. The number of allylic oxidation sites excluding steroid dienone is 4. The number of anilines is 1. The number of methoxy groups -OCH3 is 1. The van der Waals surface area contributed by atoms with Crippen LogP contribution in [0, 0.1) is 12.8 Å². The molecule has 11 heteroatoms. The standard InChI is InChI=1S/C13H15N5O4S2/c1-7-5-4-6-9(10(7)23)24(20,21)18-12(19)16-11-14-8(2)15-13(17-11)22-3/h4-7H,1-3H3,(H2,14,15,16,17,18,19). The average molecular weight is 369 g/mol. The Labute approximate surface area is 144 Å². The zero-order valence-electron chi connectivity index (χ0n) is 13.1. The van der Waals surface area contributed by atoms with E-state index < -0.39 is 16.1 Å². The molecule has 0 aliphatic heterocycles. The van der Waals surface area contributed by atoms with Crippen LogP contribution in [0.2, 0.25) is 0 Å². The summed E-state index contributed by atoms with van der Waals surface area (Å²) in [6.45, 7) is 3.34. The largest absolute Gasteiger partial charge is 0.467 e. The van der Waals surface area contributed by atoms with Crippen LogP contribution in [0.3, 0.4) is 0 Å². The number of aryl methyl sites for hydroxylation is 1. The van der Waals surface area contributed by atoms with Gasteiger partial charge in [0.2, 0.25) is 5.95 Å². The van der Waals surface area contributed by atoms with Crippen LogP contribution < -0.4 is 14.8 Å². The van der Waals surface area contributed by atoms with Crippen molar-refractivity contribution in [2.75, 3.05) is 12.4 Å². The molecule has 24 heavy (non-hydrogen) atoms. The highest BCUT2D eigenvalue weighted by molar-refractivity contribution is 7.97. The first-order valence-corrected chi connectivity index (χ1v) is 8.65. The van der Waals surface area contributed by atoms with Crippen molar-refractivity contribution in [3.05, 3.63) is 29.0 Å². The van der Waals surface area contributed by atoms with Crippen molar-refractivity contribution >= 4 is 39.1 Å². The van der Waals surface area contributed by atoms with E-state index in [1.54, 1.807) is 26.0 Å². The first-order valence-electron chi connectivity index (χ1n) is 6.76. The molecule has 9 nitrogen and oxygen atoms in total. The number of ether oxygens (including phenoxy) is 1. The van der Waals surface area contributed by atoms with Crippen molar-refractivity contribution in [1.82, 2.24) is 19.7 Å². The molecular formula is C13H15N5O4S2. The fourth-order valence-electron chi connectivity index (χ4n) is 1.83. The van der Waals surface area contributed by atoms with Crippen LogP contribution in [0.4, 0.5) is 10.7 Å². The molecule has 1 aliphatic carbocycles. The molecule has 1 unspecified atom stereocenters. The molecule has 0 radical (unpaired) electrons. The fourth-order valence-corrected chi connectivity index (χ4v) is 3.42. The molecule has 0 saturated heterocycles. The van der Waals surface area contributed by atoms with Gasteiger partial charge in [0.1, 0.15) is 10.7 Å². The van der Waals surface area contributed by atoms with Gasteiger partial charge in [-0.2, -0.15) is 15.0 Å². The molecule has 0 aromatic carbocycles. The minimum Gasteiger partial charge on any atom is -0.467 e. The normalized spacial score (nSPS) is 17.2. The Kier molecular flexibility index (Phi) is 5.24. The molecule has 1 aliphatic rings. The van der Waals surface area contributed by atoms with Crippen molar-refractivity contribution in [1.29, 1.82) is 0 Å². The number of aromatic nitrogens is 3. The summed E-state index contributed by atoms with van der Waals surface area (Å²) < 4.78 is 31.3. The second-order valence-corrected chi connectivity index (χ2v) is 6.91. The third-order valence-corrected chi connectivity index (χ3v) is 5.07. The Morgan fingerprint density at radius 2 is 2.04 bits per heavy atom. The van der Waals surface area contributed by atoms with E-state index in [1.807, 2.05) is 4.72 Å². The van der Waals surface area contributed by atoms with Gasteiger partial charge in [0.05, 0.1) is 7.11 Å². The summed E-state index contributed by atoms with van der Waals surface area (Å²) in [5.74, 6) is -0.0503. The highest BCUT2D eigenvalue weighted by Crippen LogP contribution is 2.20. The number of rotatable bonds is 4. The van der Waals surface area contributed by atoms with Gasteiger partial charge in [0.15, 0.2) is 0 Å². The number of hydrogen-bond acceptors (Lipinski definition) is 8. The highest BCUT2D eigenvalue weighted by Gasteiger charge is 2.27. The van der Waals surface area contributed by atoms with E-state index in [1.165, 1.54) is 13.2 Å². The molecule has 0 bridgehead atoms. The van der Waals surface area contributed by atoms with Gasteiger partial charge in [-0.1, -0.05) is 31.3 Å². The van der Waals surface area contributed by atoms with E-state index in [0.717, 1.165) is 0 Å². The molecule has 2 amide bonds. The molecule has 2 rings (SSSR count). The molecule has 1 aromatic heterocycles. The number of nitrogens with one attached hydrogen (secondary N) is 2. The Hall–Kier alpha value is -2.40. The Morgan fingerprint density at radius 1 is 1.33 bits per heavy atom. The predicted molar refractivity (Wildman–Crippen MR) is 91.2 cm³/mol. The van der Waals surface area contributed by atoms with Gasteiger partial charge in [-0.3, -0.25) is 5.32 Å². The lowest BCUT2D eigenvalue weighted by Crippen LogP contribution is -2.38. The lowest BCUT2D eigenvalue weighted by molar-refractivity contribution is 0.256. The number of sulfonamides is 1. The van der Waals surface area contributed by atoms with Crippen LogP contribution >= 0.6 is 12.2 Å². The van der Waals surface area contributed by atoms with Gasteiger partial charge in [0, 0.05) is 10.8 Å². The number of amides is 2. The van der Waals surface area contributed by atoms with E-state index in [-0.39, 0.29) is 27.6 Å². The second-order valence-electron chi connectivity index (χ2n) is 4.82. The highest BCUT2D eigenvalue weighted by atomic mass is 32.2. The van der Waals surface area contributed by atoms with Crippen LogP contribution in [0.5, 0.6) is 6.01 Å². The number of thiocarbonyl (C=S) groups is 1. The average Bonchev–Trinajstić information content (AvgIpc) is 2.48. The van der Waals surface area contributed by atoms with Crippen molar-refractivity contribution in [2.24, 2.45) is 5.92 Å². The SMILES string of the molecule is COc1nc(C)nc(NC(=O)NS(=O)(=O)C2=CC=CC(C)C2=S)n1. The Bertz CT molecular complexity index is 848. The van der Waals surface area contributed by atoms with Crippen molar-refractivity contribution < 1.29 is 17.9 Å². The molecule has 1 aromatic rings. The molecular weight excluding hydrogens is 354 g/mol. The first kappa shape index (κ1) is 17.9. The van der Waals surface area contributed by atoms with E-state index in [9.17, 15) is 13.2 Å². The maximum absolute atomic E-state index is 12.3. The predicted octanol–water partition coefficient (Wildman–Crippen LogP) is 1.10. The monoisotopic (exact) mass is 369 g/mol. The zero-order valence-corrected chi connectivity index (χ0v) is 14.7. The molecule has 0 saturated carbocycles. The number of nitrogens with zero attached hydrogens (tertiary/aromatic N) is 3. The third kappa shape index (κ3) is 4.11. The van der Waals surface area contributed by atoms with Crippen molar-refractivity contribution in [2.45, 2.75) is 13.8 Å². The van der Waals surface area contributed by atoms with Crippen LogP contribution in [0.1, 0.15) is 12.7 Å². The molecule has 1 atom stereocenters. The van der Waals surface area contributed by atoms with Gasteiger partial charge in [-0.25, -0.2) is 17.9 Å². The third-order valence-electron chi connectivity index (χ3n) is 2.95. The summed E-state index contributed by atoms with van der Waals surface area (Å²) in [6, 6.07) is -1.02. The van der Waals surface area contributed by atoms with Crippen LogP contribution in [0.15, 0.2) is 23.1 Å². The van der Waals surface area contributed by atoms with E-state index >= 15 is 0 Å². The summed E-state index contributed by atoms with van der Waals surface area (Å²) >= 11 is 5.11. The number of urea groups is 1. The summed E-state index contributed by atoms with van der Waals surface area (Å²) in [5, 5.41) is 2.22. The summed E-state index contributed by atoms with van der Waals surface area (Å²) in [6.07, 6.45) is 4.68. The van der Waals surface area contributed by atoms with Crippen molar-refractivity contribution in [3.63, 3.8) is 0 Å². The number of carbonyl (C=O) groups is 1. The summed E-state index contributed by atoms with van der Waals surface area (Å²) in [5.41, 5.74) is 0. The maximum atomic E-state index is 12.3. The lowest BCUT2D eigenvalue weighted by Gasteiger charge is -2.17.